The molecule has 0 heterocycles. The number of methoxy groups -OCH3 is 2. The van der Waals surface area contributed by atoms with Crippen molar-refractivity contribution in [1.29, 1.82) is 0 Å². The van der Waals surface area contributed by atoms with E-state index in [0.717, 1.165) is 6.07 Å². The van der Waals surface area contributed by atoms with Gasteiger partial charge in [0, 0.05) is 10.0 Å². The molecule has 104 valence electrons. The van der Waals surface area contributed by atoms with Crippen LogP contribution in [0.25, 0.3) is 0 Å². The highest BCUT2D eigenvalue weighted by Gasteiger charge is 2.18. The molecule has 2 rings (SSSR count). The minimum Gasteiger partial charge on any atom is -0.497 e. The number of rotatable bonds is 4. The zero-order chi connectivity index (χ0) is 14.7. The lowest BCUT2D eigenvalue weighted by Gasteiger charge is -2.10. The molecule has 0 atom stereocenters. The molecule has 0 radical (unpaired) electrons. The molecule has 0 amide bonds. The molecule has 0 bridgehead atoms. The third-order valence-corrected chi connectivity index (χ3v) is 3.52. The molecule has 20 heavy (non-hydrogen) atoms. The lowest BCUT2D eigenvalue weighted by atomic mass is 10.0. The number of carbonyl (C=O) groups is 1. The van der Waals surface area contributed by atoms with Crippen molar-refractivity contribution in [3.05, 3.63) is 57.8 Å². The molecule has 0 N–H and O–H groups in total. The zero-order valence-corrected chi connectivity index (χ0v) is 12.5. The fourth-order valence-corrected chi connectivity index (χ4v) is 2.23. The lowest BCUT2D eigenvalue weighted by Crippen LogP contribution is -2.06. The van der Waals surface area contributed by atoms with E-state index in [1.54, 1.807) is 18.2 Å². The highest BCUT2D eigenvalue weighted by atomic mass is 79.9. The van der Waals surface area contributed by atoms with Crippen LogP contribution < -0.4 is 9.47 Å². The maximum absolute atomic E-state index is 13.4. The Morgan fingerprint density at radius 1 is 1.05 bits per heavy atom. The molecule has 5 heteroatoms. The van der Waals surface area contributed by atoms with E-state index in [0.29, 0.717) is 21.5 Å². The summed E-state index contributed by atoms with van der Waals surface area (Å²) in [4.78, 5) is 12.5. The van der Waals surface area contributed by atoms with E-state index in [-0.39, 0.29) is 11.3 Å². The van der Waals surface area contributed by atoms with Crippen molar-refractivity contribution in [3.8, 4) is 11.5 Å². The predicted octanol–water partition coefficient (Wildman–Crippen LogP) is 3.84. The van der Waals surface area contributed by atoms with Crippen LogP contribution in [0.3, 0.4) is 0 Å². The Balaban J connectivity index is 2.53. The van der Waals surface area contributed by atoms with Crippen LogP contribution in [0.4, 0.5) is 4.39 Å². The van der Waals surface area contributed by atoms with Crippen molar-refractivity contribution in [2.45, 2.75) is 0 Å². The van der Waals surface area contributed by atoms with Crippen molar-refractivity contribution >= 4 is 21.7 Å². The van der Waals surface area contributed by atoms with Gasteiger partial charge in [-0.2, -0.15) is 0 Å². The molecule has 0 saturated heterocycles. The Bertz CT molecular complexity index is 656. The van der Waals surface area contributed by atoms with Crippen LogP contribution in [0, 0.1) is 5.82 Å². The van der Waals surface area contributed by atoms with Crippen molar-refractivity contribution in [3.63, 3.8) is 0 Å². The van der Waals surface area contributed by atoms with Crippen LogP contribution in [-0.4, -0.2) is 20.0 Å². The van der Waals surface area contributed by atoms with Crippen LogP contribution >= 0.6 is 15.9 Å². The molecule has 0 spiro atoms. The molecule has 0 aliphatic rings. The molecule has 0 fully saturated rings. The second-order valence-electron chi connectivity index (χ2n) is 4.02. The van der Waals surface area contributed by atoms with Gasteiger partial charge in [0.05, 0.1) is 19.8 Å². The number of carbonyl (C=O) groups excluding carboxylic acids is 1. The fraction of sp³-hybridized carbons (Fsp3) is 0.133. The number of halogens is 2. The second-order valence-corrected chi connectivity index (χ2v) is 4.87. The molecule has 2 aromatic rings. The Hall–Kier alpha value is -1.88. The summed E-state index contributed by atoms with van der Waals surface area (Å²) >= 11 is 3.31. The monoisotopic (exact) mass is 338 g/mol. The third-order valence-electron chi connectivity index (χ3n) is 2.82. The minimum absolute atomic E-state index is 0.168. The van der Waals surface area contributed by atoms with Gasteiger partial charge in [0.15, 0.2) is 5.78 Å². The lowest BCUT2D eigenvalue weighted by molar-refractivity contribution is 0.103. The number of ketones is 1. The Kier molecular flexibility index (Phi) is 4.39. The smallest absolute Gasteiger partial charge is 0.198 e. The molecule has 0 aromatic heterocycles. The van der Waals surface area contributed by atoms with Crippen molar-refractivity contribution in [1.82, 2.24) is 0 Å². The van der Waals surface area contributed by atoms with Crippen molar-refractivity contribution in [2.24, 2.45) is 0 Å². The molecule has 0 aliphatic carbocycles. The highest BCUT2D eigenvalue weighted by molar-refractivity contribution is 9.10. The summed E-state index contributed by atoms with van der Waals surface area (Å²) in [6, 6.07) is 8.86. The van der Waals surface area contributed by atoms with Gasteiger partial charge in [-0.15, -0.1) is 0 Å². The first-order valence-electron chi connectivity index (χ1n) is 5.78. The van der Waals surface area contributed by atoms with E-state index in [9.17, 15) is 9.18 Å². The number of hydrogen-bond acceptors (Lipinski definition) is 3. The van der Waals surface area contributed by atoms with Gasteiger partial charge in [-0.3, -0.25) is 4.79 Å². The first-order valence-corrected chi connectivity index (χ1v) is 6.58. The van der Waals surface area contributed by atoms with Gasteiger partial charge in [0.25, 0.3) is 0 Å². The molecule has 3 nitrogen and oxygen atoms in total. The normalized spacial score (nSPS) is 10.2. The maximum atomic E-state index is 13.4. The number of hydrogen-bond donors (Lipinski definition) is 0. The topological polar surface area (TPSA) is 35.5 Å². The van der Waals surface area contributed by atoms with E-state index in [2.05, 4.69) is 15.9 Å². The molecule has 0 aliphatic heterocycles. The van der Waals surface area contributed by atoms with E-state index >= 15 is 0 Å². The quantitative estimate of drug-likeness (QED) is 0.794. The van der Waals surface area contributed by atoms with Crippen LogP contribution in [-0.2, 0) is 0 Å². The maximum Gasteiger partial charge on any atom is 0.198 e. The number of benzene rings is 2. The van der Waals surface area contributed by atoms with Crippen LogP contribution in [0.1, 0.15) is 15.9 Å². The summed E-state index contributed by atoms with van der Waals surface area (Å²) in [6.45, 7) is 0. The van der Waals surface area contributed by atoms with E-state index in [1.165, 1.54) is 26.4 Å². The first-order chi connectivity index (χ1) is 9.56. The van der Waals surface area contributed by atoms with Crippen molar-refractivity contribution in [2.75, 3.05) is 14.2 Å². The first kappa shape index (κ1) is 14.5. The van der Waals surface area contributed by atoms with Crippen LogP contribution in [0.15, 0.2) is 40.9 Å². The van der Waals surface area contributed by atoms with Gasteiger partial charge in [0.2, 0.25) is 0 Å². The van der Waals surface area contributed by atoms with Gasteiger partial charge in [0.1, 0.15) is 17.3 Å². The standard InChI is InChI=1S/C15H12BrFO3/c1-19-10-4-5-13(16)11(8-10)15(18)12-7-9(17)3-6-14(12)20-2/h3-8H,1-2H3. The van der Waals surface area contributed by atoms with Gasteiger partial charge in [-0.25, -0.2) is 4.39 Å². The molecule has 0 saturated carbocycles. The van der Waals surface area contributed by atoms with Crippen LogP contribution in [0.5, 0.6) is 11.5 Å². The summed E-state index contributed by atoms with van der Waals surface area (Å²) in [7, 11) is 2.95. The SMILES string of the molecule is COc1ccc(Br)c(C(=O)c2cc(F)ccc2OC)c1. The Labute approximate surface area is 124 Å². The highest BCUT2D eigenvalue weighted by Crippen LogP contribution is 2.28. The zero-order valence-electron chi connectivity index (χ0n) is 10.9. The Morgan fingerprint density at radius 3 is 2.45 bits per heavy atom. The summed E-state index contributed by atoms with van der Waals surface area (Å²) in [5, 5.41) is 0. The van der Waals surface area contributed by atoms with Gasteiger partial charge < -0.3 is 9.47 Å². The molecule has 2 aromatic carbocycles. The van der Waals surface area contributed by atoms with E-state index in [4.69, 9.17) is 9.47 Å². The largest absolute Gasteiger partial charge is 0.497 e. The summed E-state index contributed by atoms with van der Waals surface area (Å²) in [6.07, 6.45) is 0. The summed E-state index contributed by atoms with van der Waals surface area (Å²) < 4.78 is 24.2. The minimum atomic E-state index is -0.492. The number of ether oxygens (including phenoxy) is 2. The van der Waals surface area contributed by atoms with Gasteiger partial charge >= 0.3 is 0 Å². The average molecular weight is 339 g/mol. The second kappa shape index (κ2) is 6.05. The third kappa shape index (κ3) is 2.82. The van der Waals surface area contributed by atoms with Crippen LogP contribution in [0.2, 0.25) is 0 Å². The Morgan fingerprint density at radius 2 is 1.80 bits per heavy atom. The summed E-state index contributed by atoms with van der Waals surface area (Å²) in [5.74, 6) is 0.0401. The van der Waals surface area contributed by atoms with Crippen molar-refractivity contribution < 1.29 is 18.7 Å². The van der Waals surface area contributed by atoms with Gasteiger partial charge in [-0.05, 0) is 36.4 Å². The molecular weight excluding hydrogens is 327 g/mol. The molecule has 0 unspecified atom stereocenters. The van der Waals surface area contributed by atoms with E-state index in [1.807, 2.05) is 0 Å². The molecular formula is C15H12BrFO3. The summed E-state index contributed by atoms with van der Waals surface area (Å²) in [5.41, 5.74) is 0.551. The average Bonchev–Trinajstić information content (AvgIpc) is 2.47. The predicted molar refractivity (Wildman–Crippen MR) is 77.1 cm³/mol. The fourth-order valence-electron chi connectivity index (χ4n) is 1.81. The van der Waals surface area contributed by atoms with E-state index < -0.39 is 5.82 Å². The van der Waals surface area contributed by atoms with Gasteiger partial charge in [-0.1, -0.05) is 15.9 Å².